The molecule has 4 aromatic rings. The van der Waals surface area contributed by atoms with Crippen molar-refractivity contribution < 1.29 is 56.0 Å². The number of aromatic nitrogens is 4. The average Bonchev–Trinajstić information content (AvgIpc) is 4.08. The quantitative estimate of drug-likeness (QED) is 0.0994. The lowest BCUT2D eigenvalue weighted by Gasteiger charge is -2.30. The molecule has 3 aliphatic rings. The summed E-state index contributed by atoms with van der Waals surface area (Å²) in [7, 11) is -3.40. The Labute approximate surface area is 358 Å². The van der Waals surface area contributed by atoms with Crippen LogP contribution < -0.4 is 10.6 Å². The summed E-state index contributed by atoms with van der Waals surface area (Å²) >= 11 is 0. The molecule has 0 saturated carbocycles. The van der Waals surface area contributed by atoms with Crippen LogP contribution in [0.2, 0.25) is 0 Å². The van der Waals surface area contributed by atoms with E-state index in [0.717, 1.165) is 46.5 Å². The summed E-state index contributed by atoms with van der Waals surface area (Å²) in [6, 6.07) is 13.9. The normalized spacial score (nSPS) is 19.3. The van der Waals surface area contributed by atoms with E-state index in [9.17, 15) is 24.3 Å². The molecule has 4 amide bonds. The molecule has 5 heterocycles. The van der Waals surface area contributed by atoms with Crippen LogP contribution in [0.3, 0.4) is 0 Å². The van der Waals surface area contributed by atoms with Gasteiger partial charge in [0.25, 0.3) is 0 Å². The van der Waals surface area contributed by atoms with Gasteiger partial charge in [-0.2, -0.15) is 8.42 Å². The van der Waals surface area contributed by atoms with Crippen LogP contribution in [0, 0.1) is 11.8 Å². The second-order valence-corrected chi connectivity index (χ2v) is 16.9. The minimum absolute atomic E-state index is 0.194. The zero-order chi connectivity index (χ0) is 44.9. The predicted molar refractivity (Wildman–Crippen MR) is 223 cm³/mol. The Balaban J connectivity index is 0.00000121. The first-order valence-electron chi connectivity index (χ1n) is 20.1. The lowest BCUT2D eigenvalue weighted by molar-refractivity contribution is -0.153. The van der Waals surface area contributed by atoms with Crippen molar-refractivity contribution in [3.05, 3.63) is 72.6 Å². The summed E-state index contributed by atoms with van der Waals surface area (Å²) in [6.07, 6.45) is 3.57. The number of carboxylic acid groups (broad SMARTS) is 1. The summed E-state index contributed by atoms with van der Waals surface area (Å²) < 4.78 is 48.4. The number of carbonyl (C=O) groups excluding carboxylic acids is 3. The first kappa shape index (κ1) is 45.7. The van der Waals surface area contributed by atoms with Crippen LogP contribution in [0.1, 0.15) is 70.7 Å². The Kier molecular flexibility index (Phi) is 14.0. The van der Waals surface area contributed by atoms with Crippen molar-refractivity contribution in [2.24, 2.45) is 11.8 Å². The molecular formula is C41H52N8O12S. The molecule has 1 spiro atoms. The van der Waals surface area contributed by atoms with E-state index < -0.39 is 46.5 Å². The van der Waals surface area contributed by atoms with Gasteiger partial charge in [0.05, 0.1) is 62.7 Å². The van der Waals surface area contributed by atoms with Crippen molar-refractivity contribution in [2.45, 2.75) is 76.9 Å². The molecule has 7 rings (SSSR count). The number of hydrogen-bond donors (Lipinski definition) is 7. The lowest BCUT2D eigenvalue weighted by Crippen LogP contribution is -2.52. The molecule has 2 aromatic carbocycles. The van der Waals surface area contributed by atoms with Gasteiger partial charge in [-0.15, -0.1) is 0 Å². The SMILES string of the molecule is COC(=O)N[C@H](C(=O)N1CC2(C[C@H]1c1ncc(-c3ccc(-c4ccc(-c5cnc([C@@H]6CCCN6C(=O)[C@@H](NC(=O)O)C(C)C)[nH]5)cc4)cc3)[nH]1)OCCO2)C(C)C.O=S(=O)(O)O. The van der Waals surface area contributed by atoms with E-state index in [1.54, 1.807) is 22.2 Å². The summed E-state index contributed by atoms with van der Waals surface area (Å²) in [6.45, 7) is 9.01. The van der Waals surface area contributed by atoms with Crippen LogP contribution in [0.4, 0.5) is 9.59 Å². The number of benzene rings is 2. The number of H-pyrrole nitrogens is 2. The molecule has 3 saturated heterocycles. The monoisotopic (exact) mass is 880 g/mol. The molecule has 0 bridgehead atoms. The molecule has 334 valence electrons. The van der Waals surface area contributed by atoms with Crippen molar-refractivity contribution in [1.29, 1.82) is 0 Å². The Morgan fingerprint density at radius 1 is 0.774 bits per heavy atom. The van der Waals surface area contributed by atoms with E-state index in [2.05, 4.69) is 25.6 Å². The largest absolute Gasteiger partial charge is 0.465 e. The van der Waals surface area contributed by atoms with Crippen molar-refractivity contribution >= 4 is 34.4 Å². The molecule has 4 atom stereocenters. The zero-order valence-corrected chi connectivity index (χ0v) is 35.7. The number of imidazole rings is 2. The molecule has 3 fully saturated rings. The molecule has 20 nitrogen and oxygen atoms in total. The number of alkyl carbamates (subject to hydrolysis) is 1. The van der Waals surface area contributed by atoms with Crippen LogP contribution in [-0.2, 0) is 34.2 Å². The van der Waals surface area contributed by atoms with Crippen molar-refractivity contribution in [1.82, 2.24) is 40.4 Å². The predicted octanol–water partition coefficient (Wildman–Crippen LogP) is 4.83. The number of nitrogens with zero attached hydrogens (tertiary/aromatic N) is 4. The molecule has 7 N–H and O–H groups in total. The molecule has 62 heavy (non-hydrogen) atoms. The van der Waals surface area contributed by atoms with Gasteiger partial charge in [0, 0.05) is 13.0 Å². The van der Waals surface area contributed by atoms with Gasteiger partial charge in [0.1, 0.15) is 23.7 Å². The molecule has 0 radical (unpaired) electrons. The number of methoxy groups -OCH3 is 1. The van der Waals surface area contributed by atoms with Gasteiger partial charge in [0.2, 0.25) is 11.8 Å². The van der Waals surface area contributed by atoms with E-state index in [0.29, 0.717) is 37.8 Å². The highest BCUT2D eigenvalue weighted by atomic mass is 32.3. The maximum atomic E-state index is 13.9. The van der Waals surface area contributed by atoms with Crippen molar-refractivity contribution in [3.8, 4) is 33.6 Å². The number of hydrogen-bond acceptors (Lipinski definition) is 11. The highest BCUT2D eigenvalue weighted by Gasteiger charge is 2.53. The minimum atomic E-state index is -4.67. The van der Waals surface area contributed by atoms with Gasteiger partial charge in [-0.25, -0.2) is 19.6 Å². The maximum Gasteiger partial charge on any atom is 0.407 e. The Morgan fingerprint density at radius 2 is 1.23 bits per heavy atom. The first-order chi connectivity index (χ1) is 29.4. The first-order valence-corrected chi connectivity index (χ1v) is 21.5. The van der Waals surface area contributed by atoms with Crippen LogP contribution >= 0.6 is 0 Å². The summed E-state index contributed by atoms with van der Waals surface area (Å²) in [5, 5.41) is 14.4. The molecule has 3 aliphatic heterocycles. The average molecular weight is 881 g/mol. The molecular weight excluding hydrogens is 829 g/mol. The van der Waals surface area contributed by atoms with E-state index >= 15 is 0 Å². The van der Waals surface area contributed by atoms with Crippen LogP contribution in [0.5, 0.6) is 0 Å². The van der Waals surface area contributed by atoms with E-state index in [1.165, 1.54) is 7.11 Å². The van der Waals surface area contributed by atoms with Gasteiger partial charge >= 0.3 is 22.6 Å². The number of rotatable bonds is 11. The molecule has 21 heteroatoms. The van der Waals surface area contributed by atoms with Crippen LogP contribution in [0.25, 0.3) is 33.6 Å². The summed E-state index contributed by atoms with van der Waals surface area (Å²) in [4.78, 5) is 70.4. The van der Waals surface area contributed by atoms with Crippen LogP contribution in [0.15, 0.2) is 60.9 Å². The fourth-order valence-corrected chi connectivity index (χ4v) is 8.03. The second-order valence-electron chi connectivity index (χ2n) is 16.0. The van der Waals surface area contributed by atoms with Crippen LogP contribution in [-0.4, -0.2) is 128 Å². The van der Waals surface area contributed by atoms with E-state index in [1.807, 2.05) is 76.2 Å². The lowest BCUT2D eigenvalue weighted by atomic mass is 10.0. The van der Waals surface area contributed by atoms with E-state index in [4.69, 9.17) is 36.7 Å². The Morgan fingerprint density at radius 3 is 1.69 bits per heavy atom. The highest BCUT2D eigenvalue weighted by molar-refractivity contribution is 7.79. The zero-order valence-electron chi connectivity index (χ0n) is 34.9. The van der Waals surface area contributed by atoms with Gasteiger partial charge in [-0.3, -0.25) is 18.7 Å². The summed E-state index contributed by atoms with van der Waals surface area (Å²) in [5.74, 6) is -0.555. The molecule has 0 unspecified atom stereocenters. The standard InChI is InChI=1S/C41H50N8O8.H2O4S/c1-23(2)33(46-39(52)53)37(50)48-16-6-7-31(48)35-42-20-29(44-35)27-12-8-25(9-13-27)26-10-14-28(15-11-26)30-21-43-36(45-30)32-19-41(56-17-18-57-41)22-49(32)38(51)34(24(3)4)47-40(54)55-5;1-5(2,3)4/h8-15,20-21,23-24,31-34,46H,6-7,16-19,22H2,1-5H3,(H,42,44)(H,43,45)(H,47,54)(H,52,53);(H2,1,2,3,4)/t31-,32-,33-,34-;/m0./s1. The molecule has 2 aromatic heterocycles. The fourth-order valence-electron chi connectivity index (χ4n) is 8.03. The number of likely N-dealkylation sites (tertiary alicyclic amines) is 2. The van der Waals surface area contributed by atoms with Crippen molar-refractivity contribution in [2.75, 3.05) is 33.4 Å². The fraction of sp³-hybridized carbons (Fsp3) is 0.463. The second kappa shape index (κ2) is 19.0. The number of aromatic amines is 2. The molecule has 0 aliphatic carbocycles. The number of nitrogens with one attached hydrogen (secondary N) is 4. The van der Waals surface area contributed by atoms with Gasteiger partial charge in [0.15, 0.2) is 5.79 Å². The number of ether oxygens (including phenoxy) is 3. The minimum Gasteiger partial charge on any atom is -0.465 e. The highest BCUT2D eigenvalue weighted by Crippen LogP contribution is 2.43. The van der Waals surface area contributed by atoms with Gasteiger partial charge in [-0.1, -0.05) is 76.2 Å². The Bertz CT molecular complexity index is 2320. The summed E-state index contributed by atoms with van der Waals surface area (Å²) in [5.41, 5.74) is 5.52. The van der Waals surface area contributed by atoms with Gasteiger partial charge < -0.3 is 49.7 Å². The topological polar surface area (TPSA) is 279 Å². The smallest absolute Gasteiger partial charge is 0.407 e. The third-order valence-corrected chi connectivity index (χ3v) is 11.1. The third kappa shape index (κ3) is 10.8. The number of carbonyl (C=O) groups is 4. The maximum absolute atomic E-state index is 13.9. The van der Waals surface area contributed by atoms with Gasteiger partial charge in [-0.05, 0) is 46.9 Å². The van der Waals surface area contributed by atoms with E-state index in [-0.39, 0.29) is 36.2 Å². The third-order valence-electron chi connectivity index (χ3n) is 11.1. The number of amides is 4. The van der Waals surface area contributed by atoms with Crippen molar-refractivity contribution in [3.63, 3.8) is 0 Å². The Hall–Kier alpha value is -5.87.